The highest BCUT2D eigenvalue weighted by atomic mass is 16.4. The van der Waals surface area contributed by atoms with Crippen molar-refractivity contribution in [3.8, 4) is 0 Å². The second kappa shape index (κ2) is 7.24. The first-order valence-electron chi connectivity index (χ1n) is 8.74. The number of furan rings is 1. The maximum atomic E-state index is 12.6. The van der Waals surface area contributed by atoms with Crippen LogP contribution in [0.4, 0.5) is 11.5 Å². The fourth-order valence-corrected chi connectivity index (χ4v) is 3.51. The molecule has 0 bridgehead atoms. The Labute approximate surface area is 165 Å². The van der Waals surface area contributed by atoms with Gasteiger partial charge >= 0.3 is 5.97 Å². The molecule has 0 saturated heterocycles. The highest BCUT2D eigenvalue weighted by Gasteiger charge is 2.42. The van der Waals surface area contributed by atoms with Crippen molar-refractivity contribution in [1.29, 1.82) is 0 Å². The number of fused-ring (bicyclic) bond motifs is 1. The van der Waals surface area contributed by atoms with Crippen LogP contribution in [0.1, 0.15) is 39.4 Å². The number of aromatic nitrogens is 2. The normalized spacial score (nSPS) is 16.2. The van der Waals surface area contributed by atoms with Gasteiger partial charge in [-0.05, 0) is 29.8 Å². The molecular weight excluding hydrogens is 376 g/mol. The van der Waals surface area contributed by atoms with Crippen molar-refractivity contribution >= 4 is 23.4 Å². The molecule has 0 saturated carbocycles. The predicted molar refractivity (Wildman–Crippen MR) is 103 cm³/mol. The van der Waals surface area contributed by atoms with Crippen molar-refractivity contribution in [3.63, 3.8) is 0 Å². The number of nitrogens with two attached hydrogens (primary N) is 2. The molecule has 1 aliphatic rings. The van der Waals surface area contributed by atoms with Crippen LogP contribution >= 0.6 is 0 Å². The molecule has 2 unspecified atom stereocenters. The Morgan fingerprint density at radius 3 is 2.72 bits per heavy atom. The molecule has 4 heterocycles. The molecular formula is C19H18N6O4. The molecule has 3 aromatic rings. The van der Waals surface area contributed by atoms with Crippen LogP contribution in [0.3, 0.4) is 0 Å². The van der Waals surface area contributed by atoms with Gasteiger partial charge in [-0.15, -0.1) is 0 Å². The zero-order valence-electron chi connectivity index (χ0n) is 15.1. The molecule has 3 aromatic heterocycles. The molecule has 0 aliphatic carbocycles. The number of carbonyl (C=O) groups is 2. The van der Waals surface area contributed by atoms with Gasteiger partial charge in [-0.1, -0.05) is 0 Å². The van der Waals surface area contributed by atoms with Gasteiger partial charge in [0.1, 0.15) is 12.2 Å². The monoisotopic (exact) mass is 394 g/mol. The molecule has 0 spiro atoms. The summed E-state index contributed by atoms with van der Waals surface area (Å²) in [4.78, 5) is 34.5. The number of hydrogen-bond acceptors (Lipinski definition) is 8. The highest BCUT2D eigenvalue weighted by Crippen LogP contribution is 2.47. The molecule has 2 atom stereocenters. The van der Waals surface area contributed by atoms with Crippen molar-refractivity contribution < 1.29 is 19.1 Å². The second-order valence-corrected chi connectivity index (χ2v) is 6.46. The molecule has 1 amide bonds. The van der Waals surface area contributed by atoms with Crippen LogP contribution in [0.25, 0.3) is 0 Å². The Balaban J connectivity index is 1.93. The van der Waals surface area contributed by atoms with Gasteiger partial charge in [-0.3, -0.25) is 9.78 Å². The minimum atomic E-state index is -1.15. The van der Waals surface area contributed by atoms with E-state index in [-0.39, 0.29) is 17.8 Å². The van der Waals surface area contributed by atoms with Crippen LogP contribution in [0.15, 0.2) is 53.6 Å². The third-order valence-electron chi connectivity index (χ3n) is 4.74. The van der Waals surface area contributed by atoms with E-state index >= 15 is 0 Å². The van der Waals surface area contributed by atoms with Crippen molar-refractivity contribution in [3.05, 3.63) is 71.6 Å². The predicted octanol–water partition coefficient (Wildman–Crippen LogP) is 1.38. The van der Waals surface area contributed by atoms with Crippen LogP contribution in [-0.2, 0) is 11.3 Å². The standard InChI is InChI=1S/C19H18N6O4/c20-8-12-7-10(1-4-22-12)14(16(21)26)25-15-13(19(27)28)2-5-23-17(15)24-18(25)11-3-6-29-9-11/h1-7,9,14,18H,8,20H2,(H2,21,26)(H,23,24)(H,27,28). The lowest BCUT2D eigenvalue weighted by Gasteiger charge is -2.33. The molecule has 0 aromatic carbocycles. The fourth-order valence-electron chi connectivity index (χ4n) is 3.51. The number of carboxylic acid groups (broad SMARTS) is 1. The average Bonchev–Trinajstić information content (AvgIpc) is 3.36. The second-order valence-electron chi connectivity index (χ2n) is 6.46. The molecule has 29 heavy (non-hydrogen) atoms. The largest absolute Gasteiger partial charge is 0.478 e. The summed E-state index contributed by atoms with van der Waals surface area (Å²) in [5.41, 5.74) is 13.5. The van der Waals surface area contributed by atoms with E-state index < -0.39 is 24.1 Å². The lowest BCUT2D eigenvalue weighted by molar-refractivity contribution is -0.119. The SMILES string of the molecule is NCc1cc(C(C(N)=O)N2c3c(C(=O)O)ccnc3NC2c2ccoc2)ccn1. The fraction of sp³-hybridized carbons (Fsp3) is 0.158. The number of pyridine rings is 2. The smallest absolute Gasteiger partial charge is 0.338 e. The van der Waals surface area contributed by atoms with Crippen molar-refractivity contribution in [1.82, 2.24) is 9.97 Å². The van der Waals surface area contributed by atoms with Crippen LogP contribution in [0, 0.1) is 0 Å². The number of rotatable bonds is 6. The van der Waals surface area contributed by atoms with Gasteiger partial charge < -0.3 is 31.2 Å². The van der Waals surface area contributed by atoms with E-state index in [0.717, 1.165) is 0 Å². The zero-order chi connectivity index (χ0) is 20.5. The quantitative estimate of drug-likeness (QED) is 0.484. The Bertz CT molecular complexity index is 1070. The molecule has 0 radical (unpaired) electrons. The summed E-state index contributed by atoms with van der Waals surface area (Å²) < 4.78 is 5.19. The van der Waals surface area contributed by atoms with Crippen LogP contribution in [-0.4, -0.2) is 27.0 Å². The molecule has 0 fully saturated rings. The van der Waals surface area contributed by atoms with Gasteiger partial charge in [0.05, 0.1) is 29.5 Å². The lowest BCUT2D eigenvalue weighted by atomic mass is 10.0. The van der Waals surface area contributed by atoms with Crippen LogP contribution in [0.2, 0.25) is 0 Å². The van der Waals surface area contributed by atoms with E-state index in [1.807, 2.05) is 0 Å². The minimum Gasteiger partial charge on any atom is -0.478 e. The summed E-state index contributed by atoms with van der Waals surface area (Å²) in [5, 5.41) is 12.9. The van der Waals surface area contributed by atoms with Crippen molar-refractivity contribution in [2.24, 2.45) is 11.5 Å². The number of carbonyl (C=O) groups excluding carboxylic acids is 1. The Morgan fingerprint density at radius 1 is 1.28 bits per heavy atom. The number of aromatic carboxylic acids is 1. The molecule has 10 nitrogen and oxygen atoms in total. The van der Waals surface area contributed by atoms with Gasteiger partial charge in [0.2, 0.25) is 5.91 Å². The lowest BCUT2D eigenvalue weighted by Crippen LogP contribution is -2.40. The van der Waals surface area contributed by atoms with Gasteiger partial charge in [0.15, 0.2) is 5.82 Å². The van der Waals surface area contributed by atoms with E-state index in [1.54, 1.807) is 23.1 Å². The van der Waals surface area contributed by atoms with Gasteiger partial charge in [-0.2, -0.15) is 0 Å². The van der Waals surface area contributed by atoms with E-state index in [1.165, 1.54) is 31.0 Å². The van der Waals surface area contributed by atoms with Crippen molar-refractivity contribution in [2.45, 2.75) is 18.8 Å². The number of hydrogen-bond donors (Lipinski definition) is 4. The number of anilines is 2. The number of primary amides is 1. The summed E-state index contributed by atoms with van der Waals surface area (Å²) in [5.74, 6) is -1.48. The average molecular weight is 394 g/mol. The topological polar surface area (TPSA) is 161 Å². The Kier molecular flexibility index (Phi) is 4.61. The number of carboxylic acids is 1. The highest BCUT2D eigenvalue weighted by molar-refractivity contribution is 6.01. The van der Waals surface area contributed by atoms with E-state index in [4.69, 9.17) is 15.9 Å². The van der Waals surface area contributed by atoms with E-state index in [0.29, 0.717) is 22.6 Å². The third-order valence-corrected chi connectivity index (χ3v) is 4.74. The summed E-state index contributed by atoms with van der Waals surface area (Å²) in [6.07, 6.45) is 5.30. The summed E-state index contributed by atoms with van der Waals surface area (Å²) in [6, 6.07) is 5.42. The molecule has 10 heteroatoms. The van der Waals surface area contributed by atoms with E-state index in [9.17, 15) is 14.7 Å². The minimum absolute atomic E-state index is 0.00662. The first-order valence-corrected chi connectivity index (χ1v) is 8.74. The first kappa shape index (κ1) is 18.4. The zero-order valence-corrected chi connectivity index (χ0v) is 15.1. The maximum absolute atomic E-state index is 12.6. The molecule has 4 rings (SSSR count). The number of nitrogens with one attached hydrogen (secondary N) is 1. The maximum Gasteiger partial charge on any atom is 0.338 e. The van der Waals surface area contributed by atoms with Crippen molar-refractivity contribution in [2.75, 3.05) is 10.2 Å². The van der Waals surface area contributed by atoms with Gasteiger partial charge in [-0.25, -0.2) is 9.78 Å². The Morgan fingerprint density at radius 2 is 2.07 bits per heavy atom. The van der Waals surface area contributed by atoms with Crippen LogP contribution in [0.5, 0.6) is 0 Å². The summed E-state index contributed by atoms with van der Waals surface area (Å²) in [6.45, 7) is 0.182. The summed E-state index contributed by atoms with van der Waals surface area (Å²) in [7, 11) is 0. The molecule has 1 aliphatic heterocycles. The Hall–Kier alpha value is -3.92. The molecule has 6 N–H and O–H groups in total. The first-order chi connectivity index (χ1) is 14.0. The van der Waals surface area contributed by atoms with E-state index in [2.05, 4.69) is 15.3 Å². The molecule has 148 valence electrons. The van der Waals surface area contributed by atoms with Gasteiger partial charge in [0.25, 0.3) is 0 Å². The van der Waals surface area contributed by atoms with Gasteiger partial charge in [0, 0.05) is 24.5 Å². The summed E-state index contributed by atoms with van der Waals surface area (Å²) >= 11 is 0. The third kappa shape index (κ3) is 3.15. The number of nitrogens with zero attached hydrogens (tertiary/aromatic N) is 3. The van der Waals surface area contributed by atoms with Crippen LogP contribution < -0.4 is 21.7 Å². The number of amides is 1.